The molecule has 62 valence electrons. The zero-order valence-electron chi connectivity index (χ0n) is 6.69. The van der Waals surface area contributed by atoms with Crippen LogP contribution in [0.5, 0.6) is 0 Å². The number of anilines is 1. The lowest BCUT2D eigenvalue weighted by Crippen LogP contribution is -2.36. The first-order valence-corrected chi connectivity index (χ1v) is 4.78. The van der Waals surface area contributed by atoms with Crippen LogP contribution in [-0.2, 0) is 4.74 Å². The minimum absolute atomic E-state index is 0.612. The van der Waals surface area contributed by atoms with Crippen LogP contribution >= 0.6 is 11.3 Å². The van der Waals surface area contributed by atoms with Gasteiger partial charge in [-0.15, -0.1) is 11.3 Å². The Hall–Kier alpha value is -0.545. The van der Waals surface area contributed by atoms with Crippen LogP contribution in [0, 0.1) is 0 Å². The van der Waals surface area contributed by atoms with Crippen molar-refractivity contribution in [3.63, 3.8) is 0 Å². The fourth-order valence-corrected chi connectivity index (χ4v) is 1.94. The highest BCUT2D eigenvalue weighted by Gasteiger charge is 2.12. The van der Waals surface area contributed by atoms with E-state index in [-0.39, 0.29) is 0 Å². The minimum Gasteiger partial charge on any atom is -0.378 e. The Morgan fingerprint density at radius 1 is 1.50 bits per heavy atom. The molecule has 0 N–H and O–H groups in total. The second-order valence-electron chi connectivity index (χ2n) is 2.65. The molecular weight excluding hydrogens is 171 g/mol. The summed E-state index contributed by atoms with van der Waals surface area (Å²) in [5.74, 6) is 0. The molecule has 0 spiro atoms. The van der Waals surface area contributed by atoms with Crippen LogP contribution in [0.25, 0.3) is 0 Å². The third-order valence-electron chi connectivity index (χ3n) is 1.79. The predicted molar refractivity (Wildman–Crippen MR) is 50.5 cm³/mol. The van der Waals surface area contributed by atoms with Gasteiger partial charge < -0.3 is 9.64 Å². The van der Waals surface area contributed by atoms with Crippen molar-refractivity contribution in [1.82, 2.24) is 4.98 Å². The molecule has 2 heterocycles. The summed E-state index contributed by atoms with van der Waals surface area (Å²) in [5.41, 5.74) is 0.612. The Morgan fingerprint density at radius 2 is 2.25 bits per heavy atom. The van der Waals surface area contributed by atoms with E-state index in [9.17, 15) is 0 Å². The molecule has 12 heavy (non-hydrogen) atoms. The van der Waals surface area contributed by atoms with Gasteiger partial charge in [0.1, 0.15) is 7.85 Å². The van der Waals surface area contributed by atoms with Crippen LogP contribution in [-0.4, -0.2) is 39.1 Å². The van der Waals surface area contributed by atoms with Crippen molar-refractivity contribution in [2.24, 2.45) is 0 Å². The van der Waals surface area contributed by atoms with Crippen molar-refractivity contribution in [3.05, 3.63) is 5.38 Å². The van der Waals surface area contributed by atoms with E-state index in [2.05, 4.69) is 9.88 Å². The van der Waals surface area contributed by atoms with Crippen molar-refractivity contribution in [1.29, 1.82) is 0 Å². The van der Waals surface area contributed by atoms with Crippen molar-refractivity contribution < 1.29 is 4.74 Å². The van der Waals surface area contributed by atoms with Crippen LogP contribution in [0.3, 0.4) is 0 Å². The summed E-state index contributed by atoms with van der Waals surface area (Å²) < 4.78 is 5.23. The third-order valence-corrected chi connectivity index (χ3v) is 2.71. The average Bonchev–Trinajstić information content (AvgIpc) is 2.54. The van der Waals surface area contributed by atoms with Crippen molar-refractivity contribution >= 4 is 29.9 Å². The van der Waals surface area contributed by atoms with Gasteiger partial charge in [-0.25, -0.2) is 4.98 Å². The first kappa shape index (κ1) is 8.07. The van der Waals surface area contributed by atoms with Gasteiger partial charge >= 0.3 is 0 Å². The number of hydrogen-bond acceptors (Lipinski definition) is 4. The second-order valence-corrected chi connectivity index (χ2v) is 3.49. The summed E-state index contributed by atoms with van der Waals surface area (Å²) >= 11 is 1.59. The zero-order valence-corrected chi connectivity index (χ0v) is 7.51. The Kier molecular flexibility index (Phi) is 2.32. The Morgan fingerprint density at radius 3 is 2.83 bits per heavy atom. The molecule has 0 aromatic carbocycles. The molecule has 1 aromatic heterocycles. The molecule has 0 bridgehead atoms. The number of ether oxygens (including phenoxy) is 1. The highest BCUT2D eigenvalue weighted by atomic mass is 32.1. The number of morpholine rings is 1. The summed E-state index contributed by atoms with van der Waals surface area (Å²) in [7, 11) is 5.53. The van der Waals surface area contributed by atoms with E-state index >= 15 is 0 Å². The number of hydrogen-bond donors (Lipinski definition) is 0. The standard InChI is InChI=1S/C7H9BN2OS/c8-6-5-12-7(9-6)10-1-3-11-4-2-10/h5H,1-4H2. The monoisotopic (exact) mass is 180 g/mol. The summed E-state index contributed by atoms with van der Waals surface area (Å²) in [6, 6.07) is 0. The van der Waals surface area contributed by atoms with Gasteiger partial charge in [0.05, 0.1) is 13.2 Å². The van der Waals surface area contributed by atoms with E-state index in [1.807, 2.05) is 5.38 Å². The molecule has 0 saturated carbocycles. The number of aromatic nitrogens is 1. The van der Waals surface area contributed by atoms with E-state index < -0.39 is 0 Å². The summed E-state index contributed by atoms with van der Waals surface area (Å²) in [6.07, 6.45) is 0. The number of rotatable bonds is 1. The van der Waals surface area contributed by atoms with E-state index in [0.29, 0.717) is 5.59 Å². The fraction of sp³-hybridized carbons (Fsp3) is 0.571. The molecule has 1 aliphatic rings. The van der Waals surface area contributed by atoms with Crippen molar-refractivity contribution in [3.8, 4) is 0 Å². The first-order chi connectivity index (χ1) is 5.86. The summed E-state index contributed by atoms with van der Waals surface area (Å²) in [5, 5.41) is 2.88. The number of nitrogens with zero attached hydrogens (tertiary/aromatic N) is 2. The highest BCUT2D eigenvalue weighted by Crippen LogP contribution is 2.16. The number of thiazole rings is 1. The molecule has 5 heteroatoms. The fourth-order valence-electron chi connectivity index (χ4n) is 1.18. The van der Waals surface area contributed by atoms with Gasteiger partial charge in [-0.1, -0.05) is 0 Å². The molecule has 0 aliphatic carbocycles. The van der Waals surface area contributed by atoms with Gasteiger partial charge in [0.25, 0.3) is 0 Å². The Balaban J connectivity index is 2.08. The van der Waals surface area contributed by atoms with Crippen molar-refractivity contribution in [2.45, 2.75) is 0 Å². The quantitative estimate of drug-likeness (QED) is 0.558. The Labute approximate surface area is 76.8 Å². The maximum atomic E-state index is 5.53. The molecule has 1 saturated heterocycles. The first-order valence-electron chi connectivity index (χ1n) is 3.90. The van der Waals surface area contributed by atoms with Crippen molar-refractivity contribution in [2.75, 3.05) is 31.2 Å². The lowest BCUT2D eigenvalue weighted by atomic mass is 10.1. The predicted octanol–water partition coefficient (Wildman–Crippen LogP) is -0.227. The summed E-state index contributed by atoms with van der Waals surface area (Å²) in [4.78, 5) is 6.40. The van der Waals surface area contributed by atoms with E-state index in [4.69, 9.17) is 12.6 Å². The van der Waals surface area contributed by atoms with Gasteiger partial charge in [-0.2, -0.15) is 0 Å². The van der Waals surface area contributed by atoms with Gasteiger partial charge in [-0.3, -0.25) is 0 Å². The molecular formula is C7H9BN2OS. The zero-order chi connectivity index (χ0) is 8.39. The van der Waals surface area contributed by atoms with Gasteiger partial charge in [-0.05, 0) is 0 Å². The maximum Gasteiger partial charge on any atom is 0.184 e. The molecule has 0 unspecified atom stereocenters. The van der Waals surface area contributed by atoms with E-state index in [1.54, 1.807) is 11.3 Å². The van der Waals surface area contributed by atoms with Crippen LogP contribution in [0.1, 0.15) is 0 Å². The lowest BCUT2D eigenvalue weighted by Gasteiger charge is -2.26. The van der Waals surface area contributed by atoms with Gasteiger partial charge in [0.2, 0.25) is 0 Å². The van der Waals surface area contributed by atoms with Crippen LogP contribution in [0.4, 0.5) is 5.13 Å². The topological polar surface area (TPSA) is 25.4 Å². The third kappa shape index (κ3) is 1.62. The molecule has 1 aromatic rings. The SMILES string of the molecule is [B]c1csc(N2CCOCC2)n1. The molecule has 2 rings (SSSR count). The summed E-state index contributed by atoms with van der Waals surface area (Å²) in [6.45, 7) is 3.43. The van der Waals surface area contributed by atoms with E-state index in [0.717, 1.165) is 31.4 Å². The van der Waals surface area contributed by atoms with Gasteiger partial charge in [0.15, 0.2) is 5.13 Å². The highest BCUT2D eigenvalue weighted by molar-refractivity contribution is 7.14. The van der Waals surface area contributed by atoms with Crippen LogP contribution in [0.2, 0.25) is 0 Å². The van der Waals surface area contributed by atoms with Crippen LogP contribution in [0.15, 0.2) is 5.38 Å². The molecule has 3 nitrogen and oxygen atoms in total. The average molecular weight is 180 g/mol. The smallest absolute Gasteiger partial charge is 0.184 e. The largest absolute Gasteiger partial charge is 0.378 e. The van der Waals surface area contributed by atoms with E-state index in [1.165, 1.54) is 0 Å². The molecule has 1 fully saturated rings. The van der Waals surface area contributed by atoms with Gasteiger partial charge in [0, 0.05) is 24.1 Å². The normalized spacial score (nSPS) is 18.2. The molecule has 1 aliphatic heterocycles. The molecule has 0 atom stereocenters. The second kappa shape index (κ2) is 3.45. The minimum atomic E-state index is 0.612. The molecule has 0 amide bonds. The lowest BCUT2D eigenvalue weighted by molar-refractivity contribution is 0.122. The molecule has 2 radical (unpaired) electrons. The van der Waals surface area contributed by atoms with Crippen LogP contribution < -0.4 is 10.5 Å². The maximum absolute atomic E-state index is 5.53. The Bertz CT molecular complexity index is 260.